The standard InChI is InChI=1S/C22H27N3S/c1-16-5-4-13-25(16)14-12-22-23-20-15-18(8-11-21(20)26-22)17-6-9-19(10-7-17)24(2)3/h6-11,15-16H,4-5,12-14H2,1-3H3. The first-order chi connectivity index (χ1) is 12.6. The molecule has 3 nitrogen and oxygen atoms in total. The number of rotatable bonds is 5. The second-order valence-electron chi connectivity index (χ2n) is 7.51. The summed E-state index contributed by atoms with van der Waals surface area (Å²) >= 11 is 1.85. The average molecular weight is 366 g/mol. The number of thiazole rings is 1. The molecule has 0 aliphatic carbocycles. The first kappa shape index (κ1) is 17.5. The molecule has 2 aromatic carbocycles. The summed E-state index contributed by atoms with van der Waals surface area (Å²) in [5.41, 5.74) is 4.85. The van der Waals surface area contributed by atoms with Crippen LogP contribution in [0.15, 0.2) is 42.5 Å². The van der Waals surface area contributed by atoms with E-state index >= 15 is 0 Å². The van der Waals surface area contributed by atoms with Gasteiger partial charge in [-0.05, 0) is 61.7 Å². The molecule has 26 heavy (non-hydrogen) atoms. The van der Waals surface area contributed by atoms with Crippen molar-refractivity contribution < 1.29 is 0 Å². The summed E-state index contributed by atoms with van der Waals surface area (Å²) in [6.45, 7) is 4.73. The molecule has 1 aliphatic heterocycles. The van der Waals surface area contributed by atoms with Crippen LogP contribution >= 0.6 is 11.3 Å². The molecule has 1 unspecified atom stereocenters. The molecule has 1 aliphatic rings. The van der Waals surface area contributed by atoms with Gasteiger partial charge in [0.05, 0.1) is 15.2 Å². The van der Waals surface area contributed by atoms with E-state index in [1.54, 1.807) is 0 Å². The lowest BCUT2D eigenvalue weighted by Crippen LogP contribution is -2.28. The Labute approximate surface area is 160 Å². The largest absolute Gasteiger partial charge is 0.378 e. The Hall–Kier alpha value is -1.91. The van der Waals surface area contributed by atoms with Crippen molar-refractivity contribution in [2.24, 2.45) is 0 Å². The SMILES string of the molecule is CC1CCCN1CCc1nc2cc(-c3ccc(N(C)C)cc3)ccc2s1. The summed E-state index contributed by atoms with van der Waals surface area (Å²) in [7, 11) is 4.14. The Morgan fingerprint density at radius 3 is 2.58 bits per heavy atom. The minimum absolute atomic E-state index is 0.737. The van der Waals surface area contributed by atoms with Crippen LogP contribution in [0.5, 0.6) is 0 Å². The molecule has 1 fully saturated rings. The first-order valence-corrected chi connectivity index (χ1v) is 10.3. The second-order valence-corrected chi connectivity index (χ2v) is 8.62. The highest BCUT2D eigenvalue weighted by molar-refractivity contribution is 7.18. The minimum Gasteiger partial charge on any atom is -0.378 e. The van der Waals surface area contributed by atoms with Crippen LogP contribution in [0, 0.1) is 0 Å². The lowest BCUT2D eigenvalue weighted by atomic mass is 10.0. The zero-order chi connectivity index (χ0) is 18.1. The van der Waals surface area contributed by atoms with E-state index in [1.165, 1.54) is 45.9 Å². The first-order valence-electron chi connectivity index (χ1n) is 9.51. The molecule has 1 aromatic heterocycles. The number of aromatic nitrogens is 1. The van der Waals surface area contributed by atoms with Crippen molar-refractivity contribution in [2.75, 3.05) is 32.1 Å². The minimum atomic E-state index is 0.737. The van der Waals surface area contributed by atoms with Gasteiger partial charge in [0, 0.05) is 38.8 Å². The van der Waals surface area contributed by atoms with Crippen molar-refractivity contribution in [2.45, 2.75) is 32.2 Å². The van der Waals surface area contributed by atoms with Crippen LogP contribution in [0.3, 0.4) is 0 Å². The third-order valence-electron chi connectivity index (χ3n) is 5.45. The molecule has 0 bridgehead atoms. The molecule has 4 heteroatoms. The highest BCUT2D eigenvalue weighted by atomic mass is 32.1. The number of hydrogen-bond donors (Lipinski definition) is 0. The normalized spacial score (nSPS) is 17.9. The number of likely N-dealkylation sites (tertiary alicyclic amines) is 1. The van der Waals surface area contributed by atoms with Crippen LogP contribution in [-0.2, 0) is 6.42 Å². The second kappa shape index (κ2) is 7.37. The molecule has 2 heterocycles. The van der Waals surface area contributed by atoms with Gasteiger partial charge in [0.15, 0.2) is 0 Å². The zero-order valence-electron chi connectivity index (χ0n) is 15.9. The maximum absolute atomic E-state index is 4.91. The highest BCUT2D eigenvalue weighted by Crippen LogP contribution is 2.29. The number of anilines is 1. The maximum Gasteiger partial charge on any atom is 0.0951 e. The Morgan fingerprint density at radius 2 is 1.88 bits per heavy atom. The van der Waals surface area contributed by atoms with Crippen LogP contribution in [0.25, 0.3) is 21.3 Å². The van der Waals surface area contributed by atoms with Crippen molar-refractivity contribution in [1.82, 2.24) is 9.88 Å². The Morgan fingerprint density at radius 1 is 1.12 bits per heavy atom. The summed E-state index contributed by atoms with van der Waals surface area (Å²) in [6, 6.07) is 16.1. The van der Waals surface area contributed by atoms with Gasteiger partial charge in [0.25, 0.3) is 0 Å². The maximum atomic E-state index is 4.91. The van der Waals surface area contributed by atoms with E-state index in [1.807, 2.05) is 11.3 Å². The van der Waals surface area contributed by atoms with Crippen LogP contribution in [0.4, 0.5) is 5.69 Å². The predicted molar refractivity (Wildman–Crippen MR) is 113 cm³/mol. The van der Waals surface area contributed by atoms with Crippen molar-refractivity contribution in [1.29, 1.82) is 0 Å². The van der Waals surface area contributed by atoms with Gasteiger partial charge in [-0.3, -0.25) is 0 Å². The summed E-state index contributed by atoms with van der Waals surface area (Å²) in [4.78, 5) is 9.64. The Kier molecular flexibility index (Phi) is 4.96. The molecular formula is C22H27N3S. The van der Waals surface area contributed by atoms with Crippen LogP contribution in [0.1, 0.15) is 24.8 Å². The smallest absolute Gasteiger partial charge is 0.0951 e. The van der Waals surface area contributed by atoms with E-state index in [0.29, 0.717) is 0 Å². The van der Waals surface area contributed by atoms with Crippen molar-refractivity contribution in [3.63, 3.8) is 0 Å². The fraction of sp³-hybridized carbons (Fsp3) is 0.409. The third-order valence-corrected chi connectivity index (χ3v) is 6.55. The highest BCUT2D eigenvalue weighted by Gasteiger charge is 2.20. The summed E-state index contributed by atoms with van der Waals surface area (Å²) in [5, 5.41) is 1.26. The molecule has 4 rings (SSSR count). The number of benzene rings is 2. The van der Waals surface area contributed by atoms with E-state index < -0.39 is 0 Å². The lowest BCUT2D eigenvalue weighted by molar-refractivity contribution is 0.272. The molecule has 1 atom stereocenters. The van der Waals surface area contributed by atoms with E-state index in [2.05, 4.69) is 73.3 Å². The van der Waals surface area contributed by atoms with Crippen LogP contribution in [0.2, 0.25) is 0 Å². The summed E-state index contributed by atoms with van der Waals surface area (Å²) in [6.07, 6.45) is 3.75. The van der Waals surface area contributed by atoms with Gasteiger partial charge in [0.2, 0.25) is 0 Å². The van der Waals surface area contributed by atoms with E-state index in [-0.39, 0.29) is 0 Å². The summed E-state index contributed by atoms with van der Waals surface area (Å²) in [5.74, 6) is 0. The monoisotopic (exact) mass is 365 g/mol. The Balaban J connectivity index is 1.51. The fourth-order valence-corrected chi connectivity index (χ4v) is 4.71. The van der Waals surface area contributed by atoms with Gasteiger partial charge < -0.3 is 9.80 Å². The molecule has 136 valence electrons. The number of nitrogens with zero attached hydrogens (tertiary/aromatic N) is 3. The lowest BCUT2D eigenvalue weighted by Gasteiger charge is -2.19. The van der Waals surface area contributed by atoms with E-state index in [9.17, 15) is 0 Å². The molecular weight excluding hydrogens is 338 g/mol. The summed E-state index contributed by atoms with van der Waals surface area (Å²) < 4.78 is 1.29. The van der Waals surface area contributed by atoms with Crippen molar-refractivity contribution in [3.8, 4) is 11.1 Å². The van der Waals surface area contributed by atoms with Gasteiger partial charge in [-0.25, -0.2) is 4.98 Å². The van der Waals surface area contributed by atoms with Gasteiger partial charge in [-0.15, -0.1) is 11.3 Å². The Bertz CT molecular complexity index is 882. The van der Waals surface area contributed by atoms with Gasteiger partial charge >= 0.3 is 0 Å². The van der Waals surface area contributed by atoms with Gasteiger partial charge in [-0.2, -0.15) is 0 Å². The zero-order valence-corrected chi connectivity index (χ0v) is 16.7. The molecule has 0 N–H and O–H groups in total. The molecule has 0 radical (unpaired) electrons. The average Bonchev–Trinajstić information content (AvgIpc) is 3.24. The van der Waals surface area contributed by atoms with Crippen molar-refractivity contribution >= 4 is 27.2 Å². The number of hydrogen-bond acceptors (Lipinski definition) is 4. The fourth-order valence-electron chi connectivity index (χ4n) is 3.78. The van der Waals surface area contributed by atoms with Gasteiger partial charge in [-0.1, -0.05) is 18.2 Å². The quantitative estimate of drug-likeness (QED) is 0.630. The topological polar surface area (TPSA) is 19.4 Å². The molecule has 1 saturated heterocycles. The molecule has 0 saturated carbocycles. The van der Waals surface area contributed by atoms with E-state index in [4.69, 9.17) is 4.98 Å². The molecule has 0 spiro atoms. The van der Waals surface area contributed by atoms with E-state index in [0.717, 1.165) is 24.5 Å². The van der Waals surface area contributed by atoms with Crippen LogP contribution < -0.4 is 4.90 Å². The van der Waals surface area contributed by atoms with Crippen molar-refractivity contribution in [3.05, 3.63) is 47.5 Å². The number of fused-ring (bicyclic) bond motifs is 1. The van der Waals surface area contributed by atoms with Crippen LogP contribution in [-0.4, -0.2) is 43.1 Å². The molecule has 3 aromatic rings. The van der Waals surface area contributed by atoms with Gasteiger partial charge in [0.1, 0.15) is 0 Å². The predicted octanol–water partition coefficient (Wildman–Crippen LogP) is 5.06. The molecule has 0 amide bonds. The third kappa shape index (κ3) is 3.62.